The first-order valence-electron chi connectivity index (χ1n) is 11.8. The largest absolute Gasteiger partial charge is 0.508 e. The summed E-state index contributed by atoms with van der Waals surface area (Å²) in [6.07, 6.45) is 0.0753. The zero-order valence-corrected chi connectivity index (χ0v) is 21.3. The standard InChI is InChI=1S/C28H27ClN2O6/c1-3-21-22(27(24(33)15-23(21)32)28(36)17-7-9-20(37-2)10-8-17)14-25(34)30-11-12-31(26(35)16-30)19-6-4-5-18(29)13-19/h4-10,13,15,32-33H,3,11-12,14,16H2,1-2H3. The van der Waals surface area contributed by atoms with Gasteiger partial charge in [0.1, 0.15) is 23.8 Å². The number of hydrogen-bond acceptors (Lipinski definition) is 6. The van der Waals surface area contributed by atoms with Crippen LogP contribution >= 0.6 is 11.6 Å². The Morgan fingerprint density at radius 1 is 1.00 bits per heavy atom. The van der Waals surface area contributed by atoms with E-state index in [4.69, 9.17) is 16.3 Å². The van der Waals surface area contributed by atoms with Gasteiger partial charge in [-0.15, -0.1) is 0 Å². The third-order valence-electron chi connectivity index (χ3n) is 6.46. The molecule has 1 fully saturated rings. The van der Waals surface area contributed by atoms with Gasteiger partial charge >= 0.3 is 0 Å². The molecule has 1 aliphatic rings. The van der Waals surface area contributed by atoms with Crippen molar-refractivity contribution in [3.63, 3.8) is 0 Å². The lowest BCUT2D eigenvalue weighted by molar-refractivity contribution is -0.136. The highest BCUT2D eigenvalue weighted by molar-refractivity contribution is 6.31. The zero-order chi connectivity index (χ0) is 26.7. The van der Waals surface area contributed by atoms with Crippen LogP contribution < -0.4 is 9.64 Å². The van der Waals surface area contributed by atoms with Crippen LogP contribution in [0.25, 0.3) is 0 Å². The number of phenolic OH excluding ortho intramolecular Hbond substituents is 2. The second-order valence-electron chi connectivity index (χ2n) is 8.68. The number of carbonyl (C=O) groups excluding carboxylic acids is 3. The van der Waals surface area contributed by atoms with Crippen molar-refractivity contribution < 1.29 is 29.3 Å². The maximum Gasteiger partial charge on any atom is 0.246 e. The zero-order valence-electron chi connectivity index (χ0n) is 20.5. The van der Waals surface area contributed by atoms with Crippen molar-refractivity contribution in [1.82, 2.24) is 4.90 Å². The van der Waals surface area contributed by atoms with Crippen LogP contribution in [0.4, 0.5) is 5.69 Å². The number of ether oxygens (including phenoxy) is 1. The van der Waals surface area contributed by atoms with Crippen LogP contribution in [0.3, 0.4) is 0 Å². The van der Waals surface area contributed by atoms with E-state index in [1.807, 2.05) is 0 Å². The smallest absolute Gasteiger partial charge is 0.246 e. The van der Waals surface area contributed by atoms with Crippen molar-refractivity contribution >= 4 is 34.9 Å². The van der Waals surface area contributed by atoms with Gasteiger partial charge in [-0.1, -0.05) is 24.6 Å². The van der Waals surface area contributed by atoms with E-state index in [9.17, 15) is 24.6 Å². The summed E-state index contributed by atoms with van der Waals surface area (Å²) in [5.41, 5.74) is 1.55. The molecule has 37 heavy (non-hydrogen) atoms. The van der Waals surface area contributed by atoms with E-state index in [0.29, 0.717) is 34.0 Å². The molecule has 0 bridgehead atoms. The number of hydrogen-bond donors (Lipinski definition) is 2. The number of rotatable bonds is 7. The average Bonchev–Trinajstić information content (AvgIpc) is 2.88. The fourth-order valence-electron chi connectivity index (χ4n) is 4.54. The summed E-state index contributed by atoms with van der Waals surface area (Å²) in [7, 11) is 1.51. The molecule has 2 amide bonds. The number of ketones is 1. The Balaban J connectivity index is 1.61. The molecule has 0 atom stereocenters. The number of benzene rings is 3. The lowest BCUT2D eigenvalue weighted by Gasteiger charge is -2.34. The molecule has 0 spiro atoms. The highest BCUT2D eigenvalue weighted by atomic mass is 35.5. The fraction of sp³-hybridized carbons (Fsp3) is 0.250. The van der Waals surface area contributed by atoms with E-state index < -0.39 is 11.5 Å². The van der Waals surface area contributed by atoms with Crippen LogP contribution in [0.5, 0.6) is 17.2 Å². The van der Waals surface area contributed by atoms with Crippen molar-refractivity contribution in [2.75, 3.05) is 31.6 Å². The number of amides is 2. The topological polar surface area (TPSA) is 107 Å². The molecule has 8 nitrogen and oxygen atoms in total. The molecule has 3 aromatic carbocycles. The Labute approximate surface area is 219 Å². The lowest BCUT2D eigenvalue weighted by atomic mass is 9.89. The molecule has 0 saturated carbocycles. The summed E-state index contributed by atoms with van der Waals surface area (Å²) in [5.74, 6) is -1.18. The Hall–Kier alpha value is -4.04. The van der Waals surface area contributed by atoms with Crippen molar-refractivity contribution in [3.05, 3.63) is 81.9 Å². The number of anilines is 1. The van der Waals surface area contributed by atoms with Crippen LogP contribution in [-0.2, 0) is 22.4 Å². The molecule has 0 unspecified atom stereocenters. The quantitative estimate of drug-likeness (QED) is 0.455. The molecular formula is C28H27ClN2O6. The second kappa shape index (κ2) is 10.9. The van der Waals surface area contributed by atoms with Gasteiger partial charge in [0.15, 0.2) is 5.78 Å². The minimum Gasteiger partial charge on any atom is -0.508 e. The number of piperazine rings is 1. The second-order valence-corrected chi connectivity index (χ2v) is 9.11. The van der Waals surface area contributed by atoms with E-state index in [-0.39, 0.29) is 54.7 Å². The number of nitrogens with zero attached hydrogens (tertiary/aromatic N) is 2. The molecule has 192 valence electrons. The molecule has 1 heterocycles. The minimum absolute atomic E-state index is 0.0444. The lowest BCUT2D eigenvalue weighted by Crippen LogP contribution is -2.52. The first-order valence-corrected chi connectivity index (χ1v) is 12.2. The van der Waals surface area contributed by atoms with Crippen molar-refractivity contribution in [1.29, 1.82) is 0 Å². The third kappa shape index (κ3) is 5.39. The molecule has 0 aromatic heterocycles. The van der Waals surface area contributed by atoms with Crippen molar-refractivity contribution in [2.24, 2.45) is 0 Å². The number of halogens is 1. The summed E-state index contributed by atoms with van der Waals surface area (Å²) in [4.78, 5) is 42.6. The molecule has 1 saturated heterocycles. The Bertz CT molecular complexity index is 1360. The molecule has 2 N–H and O–H groups in total. The van der Waals surface area contributed by atoms with E-state index in [2.05, 4.69) is 0 Å². The Morgan fingerprint density at radius 3 is 2.35 bits per heavy atom. The van der Waals surface area contributed by atoms with E-state index >= 15 is 0 Å². The molecular weight excluding hydrogens is 496 g/mol. The van der Waals surface area contributed by atoms with Gasteiger partial charge in [0.25, 0.3) is 0 Å². The summed E-state index contributed by atoms with van der Waals surface area (Å²) < 4.78 is 5.14. The normalized spacial score (nSPS) is 13.5. The van der Waals surface area contributed by atoms with Gasteiger partial charge in [-0.3, -0.25) is 14.4 Å². The van der Waals surface area contributed by atoms with Gasteiger partial charge < -0.3 is 24.7 Å². The maximum absolute atomic E-state index is 13.4. The predicted octanol–water partition coefficient (Wildman–Crippen LogP) is 3.97. The Morgan fingerprint density at radius 2 is 1.73 bits per heavy atom. The van der Waals surface area contributed by atoms with Gasteiger partial charge in [-0.2, -0.15) is 0 Å². The summed E-state index contributed by atoms with van der Waals surface area (Å²) in [6.45, 7) is 2.22. The van der Waals surface area contributed by atoms with Crippen LogP contribution in [0.2, 0.25) is 5.02 Å². The maximum atomic E-state index is 13.4. The average molecular weight is 523 g/mol. The molecule has 4 rings (SSSR count). The Kier molecular flexibility index (Phi) is 7.69. The highest BCUT2D eigenvalue weighted by Crippen LogP contribution is 2.35. The van der Waals surface area contributed by atoms with E-state index in [1.165, 1.54) is 12.0 Å². The van der Waals surface area contributed by atoms with Crippen LogP contribution in [0, 0.1) is 0 Å². The van der Waals surface area contributed by atoms with Gasteiger partial charge in [-0.05, 0) is 60.0 Å². The van der Waals surface area contributed by atoms with Crippen LogP contribution in [-0.4, -0.2) is 59.5 Å². The number of aromatic hydroxyl groups is 2. The summed E-state index contributed by atoms with van der Waals surface area (Å²) in [5, 5.41) is 21.7. The summed E-state index contributed by atoms with van der Waals surface area (Å²) >= 11 is 6.06. The molecule has 9 heteroatoms. The monoisotopic (exact) mass is 522 g/mol. The minimum atomic E-state index is -0.487. The van der Waals surface area contributed by atoms with E-state index in [1.54, 1.807) is 60.4 Å². The summed E-state index contributed by atoms with van der Waals surface area (Å²) in [6, 6.07) is 14.5. The van der Waals surface area contributed by atoms with E-state index in [0.717, 1.165) is 6.07 Å². The van der Waals surface area contributed by atoms with Crippen LogP contribution in [0.1, 0.15) is 34.0 Å². The molecule has 0 radical (unpaired) electrons. The number of phenols is 2. The highest BCUT2D eigenvalue weighted by Gasteiger charge is 2.31. The van der Waals surface area contributed by atoms with Crippen molar-refractivity contribution in [2.45, 2.75) is 19.8 Å². The number of methoxy groups -OCH3 is 1. The predicted molar refractivity (Wildman–Crippen MR) is 140 cm³/mol. The molecule has 3 aromatic rings. The number of carbonyl (C=O) groups is 3. The first-order chi connectivity index (χ1) is 17.7. The van der Waals surface area contributed by atoms with Gasteiger partial charge in [0.05, 0.1) is 19.1 Å². The van der Waals surface area contributed by atoms with Gasteiger partial charge in [0.2, 0.25) is 11.8 Å². The van der Waals surface area contributed by atoms with Crippen LogP contribution in [0.15, 0.2) is 54.6 Å². The van der Waals surface area contributed by atoms with Crippen molar-refractivity contribution in [3.8, 4) is 17.2 Å². The van der Waals surface area contributed by atoms with Gasteiger partial charge in [0, 0.05) is 35.4 Å². The first kappa shape index (κ1) is 26.0. The fourth-order valence-corrected chi connectivity index (χ4v) is 4.73. The molecule has 1 aliphatic heterocycles. The molecule has 0 aliphatic carbocycles. The van der Waals surface area contributed by atoms with Gasteiger partial charge in [-0.25, -0.2) is 0 Å². The third-order valence-corrected chi connectivity index (χ3v) is 6.69. The SMILES string of the molecule is CCc1c(O)cc(O)c(C(=O)c2ccc(OC)cc2)c1CC(=O)N1CCN(c2cccc(Cl)c2)C(=O)C1.